The summed E-state index contributed by atoms with van der Waals surface area (Å²) in [5.74, 6) is 2.10. The van der Waals surface area contributed by atoms with Gasteiger partial charge in [-0.25, -0.2) is 9.97 Å². The van der Waals surface area contributed by atoms with E-state index in [-0.39, 0.29) is 0 Å². The van der Waals surface area contributed by atoms with Crippen molar-refractivity contribution in [1.82, 2.24) is 9.97 Å². The molecule has 94 valence electrons. The van der Waals surface area contributed by atoms with Crippen LogP contribution in [-0.4, -0.2) is 17.1 Å². The van der Waals surface area contributed by atoms with Gasteiger partial charge >= 0.3 is 0 Å². The maximum absolute atomic E-state index is 6.31. The highest BCUT2D eigenvalue weighted by Gasteiger charge is 2.24. The molecule has 1 aliphatic carbocycles. The minimum Gasteiger partial charge on any atom is -0.494 e. The van der Waals surface area contributed by atoms with Crippen molar-refractivity contribution in [3.63, 3.8) is 0 Å². The van der Waals surface area contributed by atoms with Crippen LogP contribution in [0.3, 0.4) is 0 Å². The molecule has 3 rings (SSSR count). The number of ether oxygens (including phenoxy) is 1. The lowest BCUT2D eigenvalue weighted by molar-refractivity contribution is 0.400. The zero-order valence-corrected chi connectivity index (χ0v) is 11.3. The summed E-state index contributed by atoms with van der Waals surface area (Å²) >= 11 is 6.31. The fourth-order valence-electron chi connectivity index (χ4n) is 2.35. The third kappa shape index (κ3) is 1.74. The van der Waals surface area contributed by atoms with E-state index in [1.807, 2.05) is 19.1 Å². The van der Waals surface area contributed by atoms with Crippen LogP contribution in [0.5, 0.6) is 5.75 Å². The summed E-state index contributed by atoms with van der Waals surface area (Å²) in [6, 6.07) is 3.92. The second kappa shape index (κ2) is 4.39. The van der Waals surface area contributed by atoms with Gasteiger partial charge < -0.3 is 4.74 Å². The third-order valence-corrected chi connectivity index (χ3v) is 3.96. The van der Waals surface area contributed by atoms with Crippen molar-refractivity contribution in [3.05, 3.63) is 28.7 Å². The van der Waals surface area contributed by atoms with Crippen molar-refractivity contribution >= 4 is 22.5 Å². The average molecular weight is 263 g/mol. The Morgan fingerprint density at radius 1 is 1.28 bits per heavy atom. The van der Waals surface area contributed by atoms with Crippen molar-refractivity contribution < 1.29 is 4.74 Å². The van der Waals surface area contributed by atoms with Crippen LogP contribution in [0.1, 0.15) is 36.6 Å². The number of fused-ring (bicyclic) bond motifs is 1. The van der Waals surface area contributed by atoms with E-state index < -0.39 is 0 Å². The Hall–Kier alpha value is -1.35. The molecule has 2 aromatic rings. The quantitative estimate of drug-likeness (QED) is 0.771. The molecule has 0 spiro atoms. The van der Waals surface area contributed by atoms with E-state index >= 15 is 0 Å². The fourth-order valence-corrected chi connectivity index (χ4v) is 2.68. The molecule has 0 saturated heterocycles. The summed E-state index contributed by atoms with van der Waals surface area (Å²) in [6.45, 7) is 2.01. The minimum absolute atomic E-state index is 0.470. The van der Waals surface area contributed by atoms with Gasteiger partial charge in [0.25, 0.3) is 0 Å². The zero-order chi connectivity index (χ0) is 12.7. The molecule has 18 heavy (non-hydrogen) atoms. The number of methoxy groups -OCH3 is 1. The lowest BCUT2D eigenvalue weighted by atomic mass is 9.85. The molecule has 0 unspecified atom stereocenters. The number of nitrogens with zero attached hydrogens (tertiary/aromatic N) is 2. The second-order valence-corrected chi connectivity index (χ2v) is 5.17. The first-order chi connectivity index (χ1) is 8.70. The van der Waals surface area contributed by atoms with Crippen molar-refractivity contribution in [2.45, 2.75) is 32.1 Å². The Morgan fingerprint density at radius 2 is 2.06 bits per heavy atom. The first-order valence-corrected chi connectivity index (χ1v) is 6.59. The summed E-state index contributed by atoms with van der Waals surface area (Å²) in [5, 5.41) is 1.44. The predicted molar refractivity (Wildman–Crippen MR) is 72.4 cm³/mol. The minimum atomic E-state index is 0.470. The Bertz CT molecular complexity index is 608. The topological polar surface area (TPSA) is 35.0 Å². The van der Waals surface area contributed by atoms with Gasteiger partial charge in [0, 0.05) is 11.3 Å². The van der Waals surface area contributed by atoms with Gasteiger partial charge in [-0.15, -0.1) is 0 Å². The molecule has 1 aromatic carbocycles. The van der Waals surface area contributed by atoms with E-state index in [4.69, 9.17) is 16.3 Å². The predicted octanol–water partition coefficient (Wildman–Crippen LogP) is 3.87. The van der Waals surface area contributed by atoms with E-state index in [0.29, 0.717) is 11.1 Å². The van der Waals surface area contributed by atoms with Crippen molar-refractivity contribution in [1.29, 1.82) is 0 Å². The lowest BCUT2D eigenvalue weighted by Gasteiger charge is -2.24. The molecule has 0 bridgehead atoms. The molecule has 1 aromatic heterocycles. The molecule has 0 N–H and O–H groups in total. The number of halogens is 1. The summed E-state index contributed by atoms with van der Waals surface area (Å²) in [5.41, 5.74) is 1.91. The summed E-state index contributed by atoms with van der Waals surface area (Å²) in [7, 11) is 1.66. The van der Waals surface area contributed by atoms with Gasteiger partial charge in [0.2, 0.25) is 0 Å². The number of aromatic nitrogens is 2. The van der Waals surface area contributed by atoms with Crippen LogP contribution < -0.4 is 4.74 Å². The van der Waals surface area contributed by atoms with Crippen molar-refractivity contribution in [2.24, 2.45) is 0 Å². The molecule has 1 heterocycles. The van der Waals surface area contributed by atoms with E-state index in [1.54, 1.807) is 7.11 Å². The van der Waals surface area contributed by atoms with E-state index in [0.717, 1.165) is 40.9 Å². The number of hydrogen-bond acceptors (Lipinski definition) is 3. The normalized spacial score (nSPS) is 15.7. The lowest BCUT2D eigenvalue weighted by Crippen LogP contribution is -2.13. The highest BCUT2D eigenvalue weighted by atomic mass is 35.5. The average Bonchev–Trinajstić information content (AvgIpc) is 2.26. The van der Waals surface area contributed by atoms with Gasteiger partial charge in [0.05, 0.1) is 7.11 Å². The number of rotatable bonds is 2. The van der Waals surface area contributed by atoms with Crippen LogP contribution in [0.2, 0.25) is 5.15 Å². The Morgan fingerprint density at radius 3 is 2.67 bits per heavy atom. The van der Waals surface area contributed by atoms with Gasteiger partial charge in [0.1, 0.15) is 22.2 Å². The Kier molecular flexibility index (Phi) is 2.86. The van der Waals surface area contributed by atoms with E-state index in [2.05, 4.69) is 9.97 Å². The summed E-state index contributed by atoms with van der Waals surface area (Å²) in [6.07, 6.45) is 3.58. The molecule has 0 amide bonds. The molecule has 3 nitrogen and oxygen atoms in total. The Labute approximate surface area is 111 Å². The zero-order valence-electron chi connectivity index (χ0n) is 10.5. The molecule has 4 heteroatoms. The van der Waals surface area contributed by atoms with Crippen LogP contribution in [0.25, 0.3) is 10.9 Å². The highest BCUT2D eigenvalue weighted by Crippen LogP contribution is 2.38. The number of aryl methyl sites for hydroxylation is 1. The fraction of sp³-hybridized carbons (Fsp3) is 0.429. The van der Waals surface area contributed by atoms with Crippen LogP contribution >= 0.6 is 11.6 Å². The maximum atomic E-state index is 6.31. The molecular weight excluding hydrogens is 248 g/mol. The van der Waals surface area contributed by atoms with Crippen molar-refractivity contribution in [2.75, 3.05) is 7.11 Å². The van der Waals surface area contributed by atoms with Crippen LogP contribution in [-0.2, 0) is 0 Å². The first-order valence-electron chi connectivity index (χ1n) is 6.21. The number of hydrogen-bond donors (Lipinski definition) is 0. The van der Waals surface area contributed by atoms with Crippen LogP contribution in [0.4, 0.5) is 0 Å². The molecule has 1 saturated carbocycles. The standard InChI is InChI=1S/C14H15ClN2O/c1-8-6-7-10(18-2)12-11(8)13(15)17-14(16-12)9-4-3-5-9/h6-7,9H,3-5H2,1-2H3. The third-order valence-electron chi connectivity index (χ3n) is 3.68. The van der Waals surface area contributed by atoms with Gasteiger partial charge in [-0.1, -0.05) is 24.1 Å². The van der Waals surface area contributed by atoms with Gasteiger partial charge in [-0.3, -0.25) is 0 Å². The smallest absolute Gasteiger partial charge is 0.145 e. The van der Waals surface area contributed by atoms with Crippen LogP contribution in [0, 0.1) is 6.92 Å². The van der Waals surface area contributed by atoms with Crippen LogP contribution in [0.15, 0.2) is 12.1 Å². The summed E-state index contributed by atoms with van der Waals surface area (Å²) in [4.78, 5) is 9.13. The molecule has 0 atom stereocenters. The van der Waals surface area contributed by atoms with Gasteiger partial charge in [-0.2, -0.15) is 0 Å². The van der Waals surface area contributed by atoms with Gasteiger partial charge in [-0.05, 0) is 31.4 Å². The highest BCUT2D eigenvalue weighted by molar-refractivity contribution is 6.34. The van der Waals surface area contributed by atoms with E-state index in [9.17, 15) is 0 Å². The summed E-state index contributed by atoms with van der Waals surface area (Å²) < 4.78 is 5.37. The van der Waals surface area contributed by atoms with Crippen molar-refractivity contribution in [3.8, 4) is 5.75 Å². The molecule has 0 aliphatic heterocycles. The first kappa shape index (κ1) is 11.7. The van der Waals surface area contributed by atoms with E-state index in [1.165, 1.54) is 6.42 Å². The monoisotopic (exact) mass is 262 g/mol. The SMILES string of the molecule is COc1ccc(C)c2c(Cl)nc(C3CCC3)nc12. The largest absolute Gasteiger partial charge is 0.494 e. The second-order valence-electron chi connectivity index (χ2n) is 4.81. The molecular formula is C14H15ClN2O. The molecule has 1 aliphatic rings. The van der Waals surface area contributed by atoms with Gasteiger partial charge in [0.15, 0.2) is 0 Å². The maximum Gasteiger partial charge on any atom is 0.145 e. The molecule has 1 fully saturated rings. The molecule has 0 radical (unpaired) electrons. The number of benzene rings is 1. The Balaban J connectivity index is 2.26.